The maximum Gasteiger partial charge on any atom is 0.315 e. The Labute approximate surface area is 149 Å². The molecule has 2 rings (SSSR count). The van der Waals surface area contributed by atoms with Gasteiger partial charge in [-0.05, 0) is 37.2 Å². The molecule has 1 heterocycles. The lowest BCUT2D eigenvalue weighted by molar-refractivity contribution is -0.115. The standard InChI is InChI=1S/C18H29N5O2/c1-14(2)12-19-18(25)20-13-17(24)21-15-4-6-16(7-5-15)23-10-8-22(3)9-11-23/h4-7,14H,8-13H2,1-3H3,(H,21,24)(H2,19,20,25). The number of hydrogen-bond acceptors (Lipinski definition) is 4. The highest BCUT2D eigenvalue weighted by molar-refractivity contribution is 5.94. The number of rotatable bonds is 6. The molecule has 1 fully saturated rings. The highest BCUT2D eigenvalue weighted by atomic mass is 16.2. The smallest absolute Gasteiger partial charge is 0.315 e. The summed E-state index contributed by atoms with van der Waals surface area (Å²) in [5.41, 5.74) is 1.89. The van der Waals surface area contributed by atoms with Crippen LogP contribution in [0.4, 0.5) is 16.2 Å². The molecule has 3 amide bonds. The van der Waals surface area contributed by atoms with E-state index in [1.165, 1.54) is 0 Å². The molecule has 0 aliphatic carbocycles. The van der Waals surface area contributed by atoms with Crippen LogP contribution in [0.2, 0.25) is 0 Å². The topological polar surface area (TPSA) is 76.7 Å². The first kappa shape index (κ1) is 19.1. The lowest BCUT2D eigenvalue weighted by atomic mass is 10.2. The highest BCUT2D eigenvalue weighted by Crippen LogP contribution is 2.19. The molecule has 1 aromatic rings. The van der Waals surface area contributed by atoms with Crippen molar-refractivity contribution in [1.82, 2.24) is 15.5 Å². The maximum absolute atomic E-state index is 11.9. The van der Waals surface area contributed by atoms with Crippen LogP contribution >= 0.6 is 0 Å². The lowest BCUT2D eigenvalue weighted by Crippen LogP contribution is -2.44. The number of nitrogens with one attached hydrogen (secondary N) is 3. The highest BCUT2D eigenvalue weighted by Gasteiger charge is 2.14. The molecule has 0 atom stereocenters. The van der Waals surface area contributed by atoms with Crippen molar-refractivity contribution in [2.45, 2.75) is 13.8 Å². The van der Waals surface area contributed by atoms with E-state index in [0.29, 0.717) is 12.5 Å². The number of likely N-dealkylation sites (N-methyl/N-ethyl adjacent to an activating group) is 1. The van der Waals surface area contributed by atoms with E-state index in [9.17, 15) is 9.59 Å². The lowest BCUT2D eigenvalue weighted by Gasteiger charge is -2.34. The average molecular weight is 347 g/mol. The van der Waals surface area contributed by atoms with Gasteiger partial charge < -0.3 is 25.8 Å². The fourth-order valence-corrected chi connectivity index (χ4v) is 2.55. The zero-order chi connectivity index (χ0) is 18.2. The quantitative estimate of drug-likeness (QED) is 0.726. The predicted molar refractivity (Wildman–Crippen MR) is 101 cm³/mol. The maximum atomic E-state index is 11.9. The van der Waals surface area contributed by atoms with E-state index in [1.807, 2.05) is 38.1 Å². The molecule has 1 aromatic carbocycles. The van der Waals surface area contributed by atoms with E-state index in [2.05, 4.69) is 32.8 Å². The first-order valence-corrected chi connectivity index (χ1v) is 8.79. The molecular weight excluding hydrogens is 318 g/mol. The third-order valence-corrected chi connectivity index (χ3v) is 4.10. The van der Waals surface area contributed by atoms with Crippen LogP contribution in [0.15, 0.2) is 24.3 Å². The molecule has 1 aliphatic heterocycles. The molecule has 0 aromatic heterocycles. The van der Waals surface area contributed by atoms with Crippen molar-refractivity contribution in [3.8, 4) is 0 Å². The van der Waals surface area contributed by atoms with Crippen molar-refractivity contribution in [1.29, 1.82) is 0 Å². The summed E-state index contributed by atoms with van der Waals surface area (Å²) in [5, 5.41) is 8.05. The van der Waals surface area contributed by atoms with Gasteiger partial charge in [-0.2, -0.15) is 0 Å². The third-order valence-electron chi connectivity index (χ3n) is 4.10. The van der Waals surface area contributed by atoms with Gasteiger partial charge >= 0.3 is 6.03 Å². The van der Waals surface area contributed by atoms with Gasteiger partial charge in [-0.15, -0.1) is 0 Å². The second kappa shape index (κ2) is 9.27. The molecule has 3 N–H and O–H groups in total. The van der Waals surface area contributed by atoms with Gasteiger partial charge in [0.1, 0.15) is 0 Å². The Hall–Kier alpha value is -2.28. The first-order chi connectivity index (χ1) is 11.9. The Morgan fingerprint density at radius 3 is 2.28 bits per heavy atom. The molecular formula is C18H29N5O2. The van der Waals surface area contributed by atoms with Gasteiger partial charge in [0.25, 0.3) is 0 Å². The molecule has 1 aliphatic rings. The molecule has 7 heteroatoms. The molecule has 0 saturated carbocycles. The Morgan fingerprint density at radius 2 is 1.68 bits per heavy atom. The molecule has 1 saturated heterocycles. The van der Waals surface area contributed by atoms with Gasteiger partial charge in [0.15, 0.2) is 0 Å². The van der Waals surface area contributed by atoms with Crippen LogP contribution in [-0.4, -0.2) is 63.2 Å². The summed E-state index contributed by atoms with van der Waals surface area (Å²) >= 11 is 0. The summed E-state index contributed by atoms with van der Waals surface area (Å²) in [4.78, 5) is 28.1. The molecule has 0 radical (unpaired) electrons. The van der Waals surface area contributed by atoms with Crippen molar-refractivity contribution in [3.63, 3.8) is 0 Å². The number of urea groups is 1. The zero-order valence-electron chi connectivity index (χ0n) is 15.3. The summed E-state index contributed by atoms with van der Waals surface area (Å²) in [6.07, 6.45) is 0. The molecule has 25 heavy (non-hydrogen) atoms. The van der Waals surface area contributed by atoms with Crippen molar-refractivity contribution >= 4 is 23.3 Å². The number of piperazine rings is 1. The summed E-state index contributed by atoms with van der Waals surface area (Å²) in [6, 6.07) is 7.50. The number of anilines is 2. The van der Waals surface area contributed by atoms with Gasteiger partial charge in [-0.25, -0.2) is 4.79 Å². The van der Waals surface area contributed by atoms with Crippen LogP contribution in [0.1, 0.15) is 13.8 Å². The van der Waals surface area contributed by atoms with E-state index in [0.717, 1.165) is 37.6 Å². The van der Waals surface area contributed by atoms with E-state index in [4.69, 9.17) is 0 Å². The second-order valence-corrected chi connectivity index (χ2v) is 6.84. The Balaban J connectivity index is 1.75. The Kier molecular flexibility index (Phi) is 7.06. The van der Waals surface area contributed by atoms with Crippen molar-refractivity contribution in [2.24, 2.45) is 5.92 Å². The molecule has 0 spiro atoms. The second-order valence-electron chi connectivity index (χ2n) is 6.84. The Bertz CT molecular complexity index is 565. The predicted octanol–water partition coefficient (Wildman–Crippen LogP) is 1.33. The van der Waals surface area contributed by atoms with E-state index in [1.54, 1.807) is 0 Å². The van der Waals surface area contributed by atoms with E-state index in [-0.39, 0.29) is 18.5 Å². The van der Waals surface area contributed by atoms with Crippen molar-refractivity contribution in [2.75, 3.05) is 56.5 Å². The monoisotopic (exact) mass is 347 g/mol. The number of amides is 3. The summed E-state index contributed by atoms with van der Waals surface area (Å²) in [6.45, 7) is 8.70. The van der Waals surface area contributed by atoms with Crippen LogP contribution < -0.4 is 20.9 Å². The fraction of sp³-hybridized carbons (Fsp3) is 0.556. The summed E-state index contributed by atoms with van der Waals surface area (Å²) in [7, 11) is 2.13. The number of benzene rings is 1. The number of carbonyl (C=O) groups is 2. The first-order valence-electron chi connectivity index (χ1n) is 8.79. The van der Waals surface area contributed by atoms with Gasteiger partial charge in [0, 0.05) is 44.1 Å². The number of hydrogen-bond donors (Lipinski definition) is 3. The van der Waals surface area contributed by atoms with Crippen LogP contribution in [0.5, 0.6) is 0 Å². The van der Waals surface area contributed by atoms with E-state index >= 15 is 0 Å². The average Bonchev–Trinajstić information content (AvgIpc) is 2.59. The van der Waals surface area contributed by atoms with Gasteiger partial charge in [0.05, 0.1) is 6.54 Å². The SMILES string of the molecule is CC(C)CNC(=O)NCC(=O)Nc1ccc(N2CCN(C)CC2)cc1. The molecule has 138 valence electrons. The number of carbonyl (C=O) groups excluding carboxylic acids is 2. The van der Waals surface area contributed by atoms with Crippen LogP contribution in [-0.2, 0) is 4.79 Å². The third kappa shape index (κ3) is 6.62. The normalized spacial score (nSPS) is 15.1. The van der Waals surface area contributed by atoms with E-state index < -0.39 is 0 Å². The van der Waals surface area contributed by atoms with Gasteiger partial charge in [-0.1, -0.05) is 13.8 Å². The minimum Gasteiger partial charge on any atom is -0.369 e. The number of nitrogens with zero attached hydrogens (tertiary/aromatic N) is 2. The van der Waals surface area contributed by atoms with Gasteiger partial charge in [0.2, 0.25) is 5.91 Å². The van der Waals surface area contributed by atoms with Crippen LogP contribution in [0.3, 0.4) is 0 Å². The van der Waals surface area contributed by atoms with Crippen molar-refractivity contribution in [3.05, 3.63) is 24.3 Å². The largest absolute Gasteiger partial charge is 0.369 e. The minimum atomic E-state index is -0.325. The van der Waals surface area contributed by atoms with Crippen molar-refractivity contribution < 1.29 is 9.59 Å². The molecule has 0 unspecified atom stereocenters. The summed E-state index contributed by atoms with van der Waals surface area (Å²) < 4.78 is 0. The molecule has 0 bridgehead atoms. The Morgan fingerprint density at radius 1 is 1.04 bits per heavy atom. The fourth-order valence-electron chi connectivity index (χ4n) is 2.55. The van der Waals surface area contributed by atoms with Crippen LogP contribution in [0.25, 0.3) is 0 Å². The van der Waals surface area contributed by atoms with Gasteiger partial charge in [-0.3, -0.25) is 4.79 Å². The summed E-state index contributed by atoms with van der Waals surface area (Å²) in [5.74, 6) is 0.130. The zero-order valence-corrected chi connectivity index (χ0v) is 15.3. The minimum absolute atomic E-state index is 0.0514. The molecule has 7 nitrogen and oxygen atoms in total. The van der Waals surface area contributed by atoms with Crippen LogP contribution in [0, 0.1) is 5.92 Å².